The Morgan fingerprint density at radius 1 is 0.909 bits per heavy atom. The van der Waals surface area contributed by atoms with Crippen LogP contribution in [0.15, 0.2) is 54.6 Å². The fourth-order valence-corrected chi connectivity index (χ4v) is 3.47. The minimum Gasteiger partial charge on any atom is -0.371 e. The topological polar surface area (TPSA) is 47.1 Å². The number of anilines is 2. The number of aromatic nitrogens is 2. The van der Waals surface area contributed by atoms with Crippen molar-refractivity contribution < 1.29 is 0 Å². The summed E-state index contributed by atoms with van der Waals surface area (Å²) in [5.74, 6) is 0.638. The monoisotopic (exact) mass is 292 g/mol. The van der Waals surface area contributed by atoms with Gasteiger partial charge in [-0.25, -0.2) is 4.98 Å². The standard InChI is InChI=1S/C18H20N4/c19-18-20-16-8-4-5-9-17(16)22(18)15-10-12-21(13-11-15)14-6-2-1-3-7-14/h1-9,15H,10-13H2,(H2,19,20). The van der Waals surface area contributed by atoms with Crippen LogP contribution in [0.1, 0.15) is 18.9 Å². The largest absolute Gasteiger partial charge is 0.371 e. The Morgan fingerprint density at radius 3 is 2.36 bits per heavy atom. The van der Waals surface area contributed by atoms with E-state index in [1.54, 1.807) is 0 Å². The second-order valence-corrected chi connectivity index (χ2v) is 5.88. The Morgan fingerprint density at radius 2 is 1.59 bits per heavy atom. The Bertz CT molecular complexity index is 770. The van der Waals surface area contributed by atoms with Gasteiger partial charge in [0, 0.05) is 24.8 Å². The average Bonchev–Trinajstić information content (AvgIpc) is 2.91. The van der Waals surface area contributed by atoms with Gasteiger partial charge in [0.25, 0.3) is 0 Å². The lowest BCUT2D eigenvalue weighted by Crippen LogP contribution is -2.34. The molecule has 1 saturated heterocycles. The highest BCUT2D eigenvalue weighted by atomic mass is 15.2. The third-order valence-electron chi connectivity index (χ3n) is 4.57. The maximum Gasteiger partial charge on any atom is 0.201 e. The lowest BCUT2D eigenvalue weighted by molar-refractivity contribution is 0.408. The van der Waals surface area contributed by atoms with Crippen molar-refractivity contribution in [2.24, 2.45) is 0 Å². The molecule has 0 amide bonds. The third-order valence-corrected chi connectivity index (χ3v) is 4.57. The molecule has 0 spiro atoms. The second-order valence-electron chi connectivity index (χ2n) is 5.88. The van der Waals surface area contributed by atoms with Crippen LogP contribution >= 0.6 is 0 Å². The number of piperidine rings is 1. The van der Waals surface area contributed by atoms with E-state index in [0.717, 1.165) is 37.0 Å². The molecule has 1 aromatic heterocycles. The molecular formula is C18H20N4. The molecule has 0 radical (unpaired) electrons. The summed E-state index contributed by atoms with van der Waals surface area (Å²) < 4.78 is 2.22. The lowest BCUT2D eigenvalue weighted by Gasteiger charge is -2.34. The van der Waals surface area contributed by atoms with E-state index in [0.29, 0.717) is 12.0 Å². The van der Waals surface area contributed by atoms with Crippen molar-refractivity contribution >= 4 is 22.7 Å². The number of hydrogen-bond donors (Lipinski definition) is 1. The minimum atomic E-state index is 0.437. The van der Waals surface area contributed by atoms with E-state index < -0.39 is 0 Å². The van der Waals surface area contributed by atoms with Crippen LogP contribution in [0, 0.1) is 0 Å². The van der Waals surface area contributed by atoms with Crippen molar-refractivity contribution in [2.75, 3.05) is 23.7 Å². The summed E-state index contributed by atoms with van der Waals surface area (Å²) in [6.07, 6.45) is 2.19. The van der Waals surface area contributed by atoms with E-state index in [4.69, 9.17) is 5.73 Å². The van der Waals surface area contributed by atoms with Crippen molar-refractivity contribution in [3.63, 3.8) is 0 Å². The number of fused-ring (bicyclic) bond motifs is 1. The number of nitrogens with zero attached hydrogens (tertiary/aromatic N) is 3. The van der Waals surface area contributed by atoms with Crippen LogP contribution < -0.4 is 10.6 Å². The van der Waals surface area contributed by atoms with Crippen LogP contribution in [0.2, 0.25) is 0 Å². The van der Waals surface area contributed by atoms with Crippen molar-refractivity contribution in [1.29, 1.82) is 0 Å². The molecule has 4 nitrogen and oxygen atoms in total. The van der Waals surface area contributed by atoms with Gasteiger partial charge in [-0.05, 0) is 37.1 Å². The van der Waals surface area contributed by atoms with Gasteiger partial charge in [-0.15, -0.1) is 0 Å². The summed E-state index contributed by atoms with van der Waals surface area (Å²) >= 11 is 0. The Labute approximate surface area is 130 Å². The molecule has 22 heavy (non-hydrogen) atoms. The maximum absolute atomic E-state index is 6.17. The van der Waals surface area contributed by atoms with Crippen LogP contribution in [-0.4, -0.2) is 22.6 Å². The summed E-state index contributed by atoms with van der Waals surface area (Å²) in [5, 5.41) is 0. The first kappa shape index (κ1) is 13.2. The van der Waals surface area contributed by atoms with E-state index in [1.165, 1.54) is 5.69 Å². The molecule has 1 aliphatic rings. The highest BCUT2D eigenvalue weighted by Gasteiger charge is 2.23. The molecule has 3 aromatic rings. The summed E-state index contributed by atoms with van der Waals surface area (Å²) in [6.45, 7) is 2.11. The second kappa shape index (κ2) is 5.37. The van der Waals surface area contributed by atoms with Gasteiger partial charge in [-0.1, -0.05) is 30.3 Å². The molecule has 2 N–H and O–H groups in total. The molecule has 0 bridgehead atoms. The first-order valence-electron chi connectivity index (χ1n) is 7.85. The molecule has 1 fully saturated rings. The van der Waals surface area contributed by atoms with Crippen LogP contribution in [0.3, 0.4) is 0 Å². The summed E-state index contributed by atoms with van der Waals surface area (Å²) in [5.41, 5.74) is 9.62. The predicted molar refractivity (Wildman–Crippen MR) is 91.1 cm³/mol. The van der Waals surface area contributed by atoms with Gasteiger partial charge in [0.1, 0.15) is 0 Å². The highest BCUT2D eigenvalue weighted by Crippen LogP contribution is 2.31. The Kier molecular flexibility index (Phi) is 3.22. The molecule has 0 saturated carbocycles. The van der Waals surface area contributed by atoms with Crippen LogP contribution in [0.5, 0.6) is 0 Å². The molecule has 4 rings (SSSR count). The summed E-state index contributed by atoms with van der Waals surface area (Å²) in [7, 11) is 0. The van der Waals surface area contributed by atoms with Crippen LogP contribution in [-0.2, 0) is 0 Å². The van der Waals surface area contributed by atoms with Gasteiger partial charge in [0.05, 0.1) is 11.0 Å². The maximum atomic E-state index is 6.17. The molecule has 0 atom stereocenters. The van der Waals surface area contributed by atoms with E-state index in [1.807, 2.05) is 12.1 Å². The van der Waals surface area contributed by atoms with Gasteiger partial charge in [0.15, 0.2) is 0 Å². The highest BCUT2D eigenvalue weighted by molar-refractivity contribution is 5.78. The zero-order chi connectivity index (χ0) is 14.9. The zero-order valence-electron chi connectivity index (χ0n) is 12.5. The van der Waals surface area contributed by atoms with E-state index in [-0.39, 0.29) is 0 Å². The predicted octanol–water partition coefficient (Wildman–Crippen LogP) is 3.46. The summed E-state index contributed by atoms with van der Waals surface area (Å²) in [6, 6.07) is 19.3. The van der Waals surface area contributed by atoms with E-state index >= 15 is 0 Å². The minimum absolute atomic E-state index is 0.437. The number of imidazole rings is 1. The van der Waals surface area contributed by atoms with Crippen molar-refractivity contribution in [3.8, 4) is 0 Å². The average molecular weight is 292 g/mol. The normalized spacial score (nSPS) is 16.3. The van der Waals surface area contributed by atoms with E-state index in [9.17, 15) is 0 Å². The fourth-order valence-electron chi connectivity index (χ4n) is 3.47. The van der Waals surface area contributed by atoms with E-state index in [2.05, 4.69) is 56.9 Å². The molecule has 2 aromatic carbocycles. The number of hydrogen-bond acceptors (Lipinski definition) is 3. The Balaban J connectivity index is 1.57. The smallest absolute Gasteiger partial charge is 0.201 e. The van der Waals surface area contributed by atoms with Gasteiger partial charge in [0.2, 0.25) is 5.95 Å². The number of nitrogen functional groups attached to an aromatic ring is 1. The Hall–Kier alpha value is -2.49. The molecule has 1 aliphatic heterocycles. The zero-order valence-corrected chi connectivity index (χ0v) is 12.5. The molecule has 0 unspecified atom stereocenters. The third kappa shape index (κ3) is 2.21. The van der Waals surface area contributed by atoms with Crippen molar-refractivity contribution in [2.45, 2.75) is 18.9 Å². The molecule has 2 heterocycles. The number of rotatable bonds is 2. The molecule has 112 valence electrons. The number of nitrogens with two attached hydrogens (primary N) is 1. The number of benzene rings is 2. The van der Waals surface area contributed by atoms with Gasteiger partial charge < -0.3 is 15.2 Å². The van der Waals surface area contributed by atoms with Gasteiger partial charge in [-0.3, -0.25) is 0 Å². The molecule has 4 heteroatoms. The first-order chi connectivity index (χ1) is 10.8. The van der Waals surface area contributed by atoms with Crippen molar-refractivity contribution in [3.05, 3.63) is 54.6 Å². The molecular weight excluding hydrogens is 272 g/mol. The van der Waals surface area contributed by atoms with Crippen LogP contribution in [0.4, 0.5) is 11.6 Å². The number of para-hydroxylation sites is 3. The lowest BCUT2D eigenvalue weighted by atomic mass is 10.0. The first-order valence-corrected chi connectivity index (χ1v) is 7.85. The van der Waals surface area contributed by atoms with Crippen LogP contribution in [0.25, 0.3) is 11.0 Å². The SMILES string of the molecule is Nc1nc2ccccc2n1C1CCN(c2ccccc2)CC1. The van der Waals surface area contributed by atoms with Crippen molar-refractivity contribution in [1.82, 2.24) is 9.55 Å². The van der Waals surface area contributed by atoms with Gasteiger partial charge in [-0.2, -0.15) is 0 Å². The molecule has 0 aliphatic carbocycles. The quantitative estimate of drug-likeness (QED) is 0.787. The van der Waals surface area contributed by atoms with Gasteiger partial charge >= 0.3 is 0 Å². The fraction of sp³-hybridized carbons (Fsp3) is 0.278. The summed E-state index contributed by atoms with van der Waals surface area (Å²) in [4.78, 5) is 6.94.